The molecule has 0 aliphatic carbocycles. The zero-order valence-corrected chi connectivity index (χ0v) is 18.5. The van der Waals surface area contributed by atoms with Gasteiger partial charge in [0.15, 0.2) is 0 Å². The maximum atomic E-state index is 13.6. The van der Waals surface area contributed by atoms with Crippen LogP contribution >= 0.6 is 0 Å². The molecule has 2 rings (SSSR count). The second-order valence-electron chi connectivity index (χ2n) is 8.63. The maximum absolute atomic E-state index is 13.6. The first-order chi connectivity index (χ1) is 15.2. The van der Waals surface area contributed by atoms with Gasteiger partial charge < -0.3 is 20.5 Å². The van der Waals surface area contributed by atoms with Crippen LogP contribution in [0.2, 0.25) is 0 Å². The molecule has 0 fully saturated rings. The largest absolute Gasteiger partial charge is 0.444 e. The summed E-state index contributed by atoms with van der Waals surface area (Å²) in [6.45, 7) is 4.85. The summed E-state index contributed by atoms with van der Waals surface area (Å²) < 4.78 is 70.9. The van der Waals surface area contributed by atoms with Gasteiger partial charge in [-0.05, 0) is 56.5 Å². The van der Waals surface area contributed by atoms with Crippen LogP contribution in [0.1, 0.15) is 37.5 Å². The standard InChI is InChI=1S/C23H27F5N2O3/c1-22(2,3)33-21(32)30-19(10-15-8-17(24)11-18(25)9-15)20(31)13-29-12-14-5-4-6-16(7-14)23(26,27)28/h4-9,11,19-20,29,31H,10,12-13H2,1-3H3,(H,30,32)/t19?,20-/m1/s1. The Kier molecular flexibility index (Phi) is 8.79. The number of amides is 1. The first-order valence-corrected chi connectivity index (χ1v) is 10.2. The van der Waals surface area contributed by atoms with Gasteiger partial charge in [-0.15, -0.1) is 0 Å². The van der Waals surface area contributed by atoms with Crippen molar-refractivity contribution in [2.75, 3.05) is 6.54 Å². The molecule has 1 amide bonds. The van der Waals surface area contributed by atoms with Crippen LogP contribution in [0.4, 0.5) is 26.7 Å². The topological polar surface area (TPSA) is 70.6 Å². The summed E-state index contributed by atoms with van der Waals surface area (Å²) in [7, 11) is 0. The van der Waals surface area contributed by atoms with Crippen LogP contribution in [-0.2, 0) is 23.9 Å². The third kappa shape index (κ3) is 9.35. The fraction of sp³-hybridized carbons (Fsp3) is 0.435. The molecular formula is C23H27F5N2O3. The summed E-state index contributed by atoms with van der Waals surface area (Å²) in [5, 5.41) is 15.9. The summed E-state index contributed by atoms with van der Waals surface area (Å²) in [6, 6.07) is 6.60. The highest BCUT2D eigenvalue weighted by atomic mass is 19.4. The predicted octanol–water partition coefficient (Wildman–Crippen LogP) is 4.57. The van der Waals surface area contributed by atoms with Crippen molar-refractivity contribution in [2.45, 2.75) is 57.7 Å². The van der Waals surface area contributed by atoms with Crippen LogP contribution < -0.4 is 10.6 Å². The summed E-state index contributed by atoms with van der Waals surface area (Å²) >= 11 is 0. The number of hydrogen-bond acceptors (Lipinski definition) is 4. The van der Waals surface area contributed by atoms with Crippen LogP contribution in [0.25, 0.3) is 0 Å². The first kappa shape index (κ1) is 26.5. The van der Waals surface area contributed by atoms with Gasteiger partial charge in [0, 0.05) is 19.2 Å². The summed E-state index contributed by atoms with van der Waals surface area (Å²) in [5.74, 6) is -1.61. The van der Waals surface area contributed by atoms with E-state index in [1.807, 2.05) is 0 Å². The number of rotatable bonds is 8. The van der Waals surface area contributed by atoms with Crippen LogP contribution in [0, 0.1) is 11.6 Å². The molecule has 5 nitrogen and oxygen atoms in total. The summed E-state index contributed by atoms with van der Waals surface area (Å²) in [5.41, 5.74) is -1.06. The van der Waals surface area contributed by atoms with Gasteiger partial charge in [-0.2, -0.15) is 13.2 Å². The monoisotopic (exact) mass is 474 g/mol. The highest BCUT2D eigenvalue weighted by Gasteiger charge is 2.30. The molecule has 1 unspecified atom stereocenters. The lowest BCUT2D eigenvalue weighted by Crippen LogP contribution is -2.49. The van der Waals surface area contributed by atoms with Crippen LogP contribution in [0.3, 0.4) is 0 Å². The van der Waals surface area contributed by atoms with E-state index in [9.17, 15) is 31.9 Å². The van der Waals surface area contributed by atoms with E-state index in [0.717, 1.165) is 24.3 Å². The molecule has 0 radical (unpaired) electrons. The van der Waals surface area contributed by atoms with E-state index in [-0.39, 0.29) is 25.1 Å². The smallest absolute Gasteiger partial charge is 0.416 e. The average Bonchev–Trinajstić information content (AvgIpc) is 2.64. The number of benzene rings is 2. The lowest BCUT2D eigenvalue weighted by molar-refractivity contribution is -0.137. The fourth-order valence-corrected chi connectivity index (χ4v) is 3.09. The molecular weight excluding hydrogens is 447 g/mol. The molecule has 0 aliphatic rings. The number of alkyl halides is 3. The van der Waals surface area contributed by atoms with E-state index in [0.29, 0.717) is 11.6 Å². The van der Waals surface area contributed by atoms with Gasteiger partial charge in [-0.25, -0.2) is 13.6 Å². The van der Waals surface area contributed by atoms with Crippen molar-refractivity contribution in [3.63, 3.8) is 0 Å². The highest BCUT2D eigenvalue weighted by molar-refractivity contribution is 5.68. The molecule has 2 aromatic carbocycles. The van der Waals surface area contributed by atoms with Crippen molar-refractivity contribution in [1.82, 2.24) is 10.6 Å². The Labute approximate surface area is 188 Å². The quantitative estimate of drug-likeness (QED) is 0.491. The lowest BCUT2D eigenvalue weighted by atomic mass is 10.0. The first-order valence-electron chi connectivity index (χ1n) is 10.2. The normalized spacial score (nSPS) is 14.0. The minimum atomic E-state index is -4.47. The molecule has 0 spiro atoms. The van der Waals surface area contributed by atoms with Gasteiger partial charge in [0.25, 0.3) is 0 Å². The van der Waals surface area contributed by atoms with Crippen molar-refractivity contribution in [1.29, 1.82) is 0 Å². The zero-order valence-electron chi connectivity index (χ0n) is 18.5. The van der Waals surface area contributed by atoms with E-state index in [2.05, 4.69) is 10.6 Å². The number of aliphatic hydroxyl groups excluding tert-OH is 1. The Morgan fingerprint density at radius 1 is 1.03 bits per heavy atom. The number of hydrogen-bond donors (Lipinski definition) is 3. The highest BCUT2D eigenvalue weighted by Crippen LogP contribution is 2.29. The van der Waals surface area contributed by atoms with Crippen LogP contribution in [-0.4, -0.2) is 35.5 Å². The molecule has 10 heteroatoms. The molecule has 0 aromatic heterocycles. The number of aliphatic hydroxyl groups is 1. The van der Waals surface area contributed by atoms with Gasteiger partial charge in [-0.3, -0.25) is 0 Å². The van der Waals surface area contributed by atoms with Gasteiger partial charge >= 0.3 is 12.3 Å². The lowest BCUT2D eigenvalue weighted by Gasteiger charge is -2.27. The molecule has 0 heterocycles. The number of halogens is 5. The maximum Gasteiger partial charge on any atom is 0.416 e. The Bertz CT molecular complexity index is 924. The average molecular weight is 474 g/mol. The summed E-state index contributed by atoms with van der Waals surface area (Å²) in [4.78, 5) is 12.2. The molecule has 0 saturated heterocycles. The van der Waals surface area contributed by atoms with Crippen molar-refractivity contribution in [3.8, 4) is 0 Å². The fourth-order valence-electron chi connectivity index (χ4n) is 3.09. The molecule has 33 heavy (non-hydrogen) atoms. The molecule has 2 atom stereocenters. The van der Waals surface area contributed by atoms with Crippen LogP contribution in [0.5, 0.6) is 0 Å². The second kappa shape index (κ2) is 10.9. The van der Waals surface area contributed by atoms with E-state index in [1.165, 1.54) is 12.1 Å². The molecule has 182 valence electrons. The Morgan fingerprint density at radius 3 is 2.24 bits per heavy atom. The third-order valence-electron chi connectivity index (χ3n) is 4.48. The minimum Gasteiger partial charge on any atom is -0.444 e. The van der Waals surface area contributed by atoms with E-state index < -0.39 is 47.2 Å². The minimum absolute atomic E-state index is 0.0226. The SMILES string of the molecule is CC(C)(C)OC(=O)NC(Cc1cc(F)cc(F)c1)[C@H](O)CNCc1cccc(C(F)(F)F)c1. The number of carbonyl (C=O) groups is 1. The predicted molar refractivity (Wildman–Crippen MR) is 112 cm³/mol. The number of alkyl carbamates (subject to hydrolysis) is 1. The molecule has 2 aromatic rings. The number of ether oxygens (including phenoxy) is 1. The Morgan fingerprint density at radius 2 is 1.67 bits per heavy atom. The molecule has 0 aliphatic heterocycles. The Hall–Kier alpha value is -2.72. The van der Waals surface area contributed by atoms with E-state index in [1.54, 1.807) is 20.8 Å². The van der Waals surface area contributed by atoms with Gasteiger partial charge in [-0.1, -0.05) is 18.2 Å². The molecule has 3 N–H and O–H groups in total. The van der Waals surface area contributed by atoms with Crippen molar-refractivity contribution < 1.29 is 36.6 Å². The number of carbonyl (C=O) groups excluding carboxylic acids is 1. The Balaban J connectivity index is 2.07. The van der Waals surface area contributed by atoms with Crippen molar-refractivity contribution in [2.24, 2.45) is 0 Å². The second-order valence-corrected chi connectivity index (χ2v) is 8.63. The third-order valence-corrected chi connectivity index (χ3v) is 4.48. The number of nitrogens with one attached hydrogen (secondary N) is 2. The molecule has 0 saturated carbocycles. The van der Waals surface area contributed by atoms with Crippen molar-refractivity contribution in [3.05, 3.63) is 70.8 Å². The van der Waals surface area contributed by atoms with E-state index in [4.69, 9.17) is 4.74 Å². The van der Waals surface area contributed by atoms with Gasteiger partial charge in [0.05, 0.1) is 17.7 Å². The van der Waals surface area contributed by atoms with Gasteiger partial charge in [0.1, 0.15) is 17.2 Å². The van der Waals surface area contributed by atoms with E-state index >= 15 is 0 Å². The van der Waals surface area contributed by atoms with Crippen molar-refractivity contribution >= 4 is 6.09 Å². The molecule has 0 bridgehead atoms. The van der Waals surface area contributed by atoms with Gasteiger partial charge in [0.2, 0.25) is 0 Å². The van der Waals surface area contributed by atoms with Crippen LogP contribution in [0.15, 0.2) is 42.5 Å². The summed E-state index contributed by atoms with van der Waals surface area (Å²) in [6.07, 6.45) is -6.66. The zero-order chi connectivity index (χ0) is 24.8.